The van der Waals surface area contributed by atoms with Crippen molar-refractivity contribution in [2.24, 2.45) is 0 Å². The zero-order valence-electron chi connectivity index (χ0n) is 17.8. The van der Waals surface area contributed by atoms with Crippen LogP contribution in [0.15, 0.2) is 24.3 Å². The summed E-state index contributed by atoms with van der Waals surface area (Å²) in [5.74, 6) is -0.568. The number of carbonyl (C=O) groups is 2. The molecular weight excluding hydrogens is 418 g/mol. The van der Waals surface area contributed by atoms with Crippen LogP contribution in [0.2, 0.25) is 0 Å². The summed E-state index contributed by atoms with van der Waals surface area (Å²) in [6, 6.07) is 8.19. The number of hydrogen-bond donors (Lipinski definition) is 1. The molecule has 0 saturated carbocycles. The summed E-state index contributed by atoms with van der Waals surface area (Å²) in [6.07, 6.45) is 2.02. The van der Waals surface area contributed by atoms with Gasteiger partial charge in [0.1, 0.15) is 5.00 Å². The topological polar surface area (TPSA) is 61.9 Å². The van der Waals surface area contributed by atoms with Gasteiger partial charge < -0.3 is 19.9 Å². The van der Waals surface area contributed by atoms with Gasteiger partial charge in [-0.15, -0.1) is 11.3 Å². The monoisotopic (exact) mass is 445 g/mol. The van der Waals surface area contributed by atoms with Gasteiger partial charge in [0, 0.05) is 25.3 Å². The number of aryl methyl sites for hydroxylation is 1. The zero-order valence-corrected chi connectivity index (χ0v) is 19.4. The molecule has 6 nitrogen and oxygen atoms in total. The molecule has 0 fully saturated rings. The standard InChI is InChI=1S/C22H27N3O3S2/c1-5-24(6-2)20(26)18-14(3)17(21(27)28-4)19(30-18)23-22(29)25-13-9-11-15-10-7-8-12-16(15)25/h7-8,10,12H,5-6,9,11,13H2,1-4H3,(H,23,29). The van der Waals surface area contributed by atoms with Crippen LogP contribution in [0.5, 0.6) is 0 Å². The van der Waals surface area contributed by atoms with Crippen molar-refractivity contribution in [2.45, 2.75) is 33.6 Å². The molecule has 0 radical (unpaired) electrons. The van der Waals surface area contributed by atoms with E-state index in [1.807, 2.05) is 26.0 Å². The Morgan fingerprint density at radius 1 is 1.27 bits per heavy atom. The lowest BCUT2D eigenvalue weighted by molar-refractivity contribution is 0.0601. The third-order valence-electron chi connectivity index (χ3n) is 5.36. The number of rotatable bonds is 5. The minimum atomic E-state index is -0.480. The summed E-state index contributed by atoms with van der Waals surface area (Å²) < 4.78 is 4.99. The van der Waals surface area contributed by atoms with Gasteiger partial charge in [0.2, 0.25) is 0 Å². The van der Waals surface area contributed by atoms with Crippen molar-refractivity contribution in [3.63, 3.8) is 0 Å². The van der Waals surface area contributed by atoms with Crippen LogP contribution in [-0.2, 0) is 11.2 Å². The smallest absolute Gasteiger partial charge is 0.341 e. The second-order valence-electron chi connectivity index (χ2n) is 7.04. The molecule has 1 N–H and O–H groups in total. The number of para-hydroxylation sites is 1. The molecule has 0 saturated heterocycles. The summed E-state index contributed by atoms with van der Waals surface area (Å²) in [7, 11) is 1.34. The maximum atomic E-state index is 13.0. The first kappa shape index (κ1) is 22.2. The number of nitrogens with zero attached hydrogens (tertiary/aromatic N) is 2. The molecule has 1 aliphatic rings. The van der Waals surface area contributed by atoms with Gasteiger partial charge >= 0.3 is 5.97 Å². The molecule has 8 heteroatoms. The average Bonchev–Trinajstić information content (AvgIpc) is 3.09. The van der Waals surface area contributed by atoms with Crippen LogP contribution >= 0.6 is 23.6 Å². The van der Waals surface area contributed by atoms with Crippen molar-refractivity contribution in [1.29, 1.82) is 0 Å². The van der Waals surface area contributed by atoms with Crippen LogP contribution in [-0.4, -0.2) is 48.6 Å². The Morgan fingerprint density at radius 3 is 2.63 bits per heavy atom. The SMILES string of the molecule is CCN(CC)C(=O)c1sc(NC(=S)N2CCCc3ccccc32)c(C(=O)OC)c1C. The number of carbonyl (C=O) groups excluding carboxylic acids is 2. The van der Waals surface area contributed by atoms with E-state index in [1.165, 1.54) is 24.0 Å². The predicted octanol–water partition coefficient (Wildman–Crippen LogP) is 4.47. The number of hydrogen-bond acceptors (Lipinski definition) is 5. The quantitative estimate of drug-likeness (QED) is 0.541. The highest BCUT2D eigenvalue weighted by Crippen LogP contribution is 2.36. The number of ether oxygens (including phenoxy) is 1. The summed E-state index contributed by atoms with van der Waals surface area (Å²) >= 11 is 6.96. The van der Waals surface area contributed by atoms with E-state index < -0.39 is 5.97 Å². The predicted molar refractivity (Wildman–Crippen MR) is 126 cm³/mol. The number of methoxy groups -OCH3 is 1. The minimum Gasteiger partial charge on any atom is -0.465 e. The molecule has 1 aromatic heterocycles. The van der Waals surface area contributed by atoms with Gasteiger partial charge in [-0.1, -0.05) is 18.2 Å². The largest absolute Gasteiger partial charge is 0.465 e. The molecule has 1 amide bonds. The van der Waals surface area contributed by atoms with E-state index in [2.05, 4.69) is 22.3 Å². The van der Waals surface area contributed by atoms with Crippen LogP contribution in [0.3, 0.4) is 0 Å². The number of anilines is 2. The van der Waals surface area contributed by atoms with E-state index in [4.69, 9.17) is 17.0 Å². The molecule has 2 heterocycles. The molecule has 1 aliphatic heterocycles. The van der Waals surface area contributed by atoms with E-state index >= 15 is 0 Å². The lowest BCUT2D eigenvalue weighted by Gasteiger charge is -2.31. The Hall–Kier alpha value is -2.45. The van der Waals surface area contributed by atoms with E-state index in [0.29, 0.717) is 39.2 Å². The molecule has 30 heavy (non-hydrogen) atoms. The van der Waals surface area contributed by atoms with Gasteiger partial charge in [0.05, 0.1) is 17.6 Å². The Morgan fingerprint density at radius 2 is 1.97 bits per heavy atom. The summed E-state index contributed by atoms with van der Waals surface area (Å²) in [5.41, 5.74) is 3.31. The highest BCUT2D eigenvalue weighted by molar-refractivity contribution is 7.80. The van der Waals surface area contributed by atoms with Crippen molar-refractivity contribution in [2.75, 3.05) is 37.0 Å². The lowest BCUT2D eigenvalue weighted by Crippen LogP contribution is -2.38. The summed E-state index contributed by atoms with van der Waals surface area (Å²) in [4.78, 5) is 29.8. The Balaban J connectivity index is 1.96. The first-order chi connectivity index (χ1) is 14.4. The van der Waals surface area contributed by atoms with E-state index in [1.54, 1.807) is 11.8 Å². The first-order valence-corrected chi connectivity index (χ1v) is 11.3. The molecule has 1 aromatic carbocycles. The van der Waals surface area contributed by atoms with Crippen molar-refractivity contribution in [3.8, 4) is 0 Å². The maximum absolute atomic E-state index is 13.0. The Bertz CT molecular complexity index is 967. The van der Waals surface area contributed by atoms with Crippen LogP contribution in [0.4, 0.5) is 10.7 Å². The van der Waals surface area contributed by atoms with Gasteiger partial charge in [0.25, 0.3) is 5.91 Å². The lowest BCUT2D eigenvalue weighted by atomic mass is 10.0. The second-order valence-corrected chi connectivity index (χ2v) is 8.45. The molecule has 0 unspecified atom stereocenters. The molecule has 0 bridgehead atoms. The molecule has 0 spiro atoms. The van der Waals surface area contributed by atoms with E-state index in [-0.39, 0.29) is 5.91 Å². The Kier molecular flexibility index (Phi) is 7.10. The highest BCUT2D eigenvalue weighted by Gasteiger charge is 2.29. The average molecular weight is 446 g/mol. The van der Waals surface area contributed by atoms with Gasteiger partial charge in [-0.3, -0.25) is 4.79 Å². The molecule has 3 rings (SSSR count). The number of nitrogens with one attached hydrogen (secondary N) is 1. The van der Waals surface area contributed by atoms with Crippen molar-refractivity contribution in [3.05, 3.63) is 45.8 Å². The fraction of sp³-hybridized carbons (Fsp3) is 0.409. The number of amides is 1. The number of benzene rings is 1. The third-order valence-corrected chi connectivity index (χ3v) is 6.87. The van der Waals surface area contributed by atoms with E-state index in [0.717, 1.165) is 25.1 Å². The Labute approximate surface area is 186 Å². The molecular formula is C22H27N3O3S2. The van der Waals surface area contributed by atoms with Crippen LogP contribution < -0.4 is 10.2 Å². The van der Waals surface area contributed by atoms with Crippen LogP contribution in [0, 0.1) is 6.92 Å². The van der Waals surface area contributed by atoms with Gasteiger partial charge in [-0.2, -0.15) is 0 Å². The third kappa shape index (κ3) is 4.20. The molecule has 0 aliphatic carbocycles. The number of fused-ring (bicyclic) bond motifs is 1. The van der Waals surface area contributed by atoms with Gasteiger partial charge in [0.15, 0.2) is 5.11 Å². The first-order valence-electron chi connectivity index (χ1n) is 10.1. The summed E-state index contributed by atoms with van der Waals surface area (Å²) in [6.45, 7) is 7.66. The minimum absolute atomic E-state index is 0.0880. The summed E-state index contributed by atoms with van der Waals surface area (Å²) in [5, 5.41) is 4.29. The van der Waals surface area contributed by atoms with Gasteiger partial charge in [-0.05, 0) is 63.0 Å². The normalized spacial score (nSPS) is 12.9. The van der Waals surface area contributed by atoms with Crippen molar-refractivity contribution < 1.29 is 14.3 Å². The fourth-order valence-electron chi connectivity index (χ4n) is 3.72. The highest BCUT2D eigenvalue weighted by atomic mass is 32.1. The number of thiocarbonyl (C=S) groups is 1. The maximum Gasteiger partial charge on any atom is 0.341 e. The number of esters is 1. The van der Waals surface area contributed by atoms with E-state index in [9.17, 15) is 9.59 Å². The molecule has 160 valence electrons. The molecule has 0 atom stereocenters. The molecule has 2 aromatic rings. The zero-order chi connectivity index (χ0) is 21.8. The van der Waals surface area contributed by atoms with Crippen LogP contribution in [0.25, 0.3) is 0 Å². The fourth-order valence-corrected chi connectivity index (χ4v) is 5.24. The van der Waals surface area contributed by atoms with Gasteiger partial charge in [-0.25, -0.2) is 4.79 Å². The number of thiophene rings is 1. The van der Waals surface area contributed by atoms with Crippen molar-refractivity contribution in [1.82, 2.24) is 4.90 Å². The van der Waals surface area contributed by atoms with Crippen LogP contribution in [0.1, 0.15) is 51.4 Å². The van der Waals surface area contributed by atoms with Crippen molar-refractivity contribution >= 4 is 51.2 Å². The second kappa shape index (κ2) is 9.57.